The summed E-state index contributed by atoms with van der Waals surface area (Å²) in [5, 5.41) is 17.4. The van der Waals surface area contributed by atoms with Gasteiger partial charge in [-0.3, -0.25) is 4.79 Å². The van der Waals surface area contributed by atoms with Crippen molar-refractivity contribution in [2.75, 3.05) is 0 Å². The SMILES string of the molecule is O=Cc1cc(N=Nc2ccccc2Br)ccc1O. The van der Waals surface area contributed by atoms with Gasteiger partial charge in [0.05, 0.1) is 16.9 Å². The minimum Gasteiger partial charge on any atom is -0.507 e. The first-order valence-corrected chi connectivity index (χ1v) is 5.94. The van der Waals surface area contributed by atoms with Crippen molar-refractivity contribution in [3.8, 4) is 5.75 Å². The van der Waals surface area contributed by atoms with E-state index in [0.29, 0.717) is 17.7 Å². The van der Waals surface area contributed by atoms with Gasteiger partial charge in [0.1, 0.15) is 5.75 Å². The number of carbonyl (C=O) groups excluding carboxylic acids is 1. The molecule has 0 saturated heterocycles. The molecule has 0 aliphatic heterocycles. The molecule has 0 aromatic heterocycles. The number of aldehydes is 1. The molecule has 4 nitrogen and oxygen atoms in total. The van der Waals surface area contributed by atoms with Crippen molar-refractivity contribution in [2.45, 2.75) is 0 Å². The Bertz CT molecular complexity index is 612. The number of halogens is 1. The Morgan fingerprint density at radius 1 is 1.11 bits per heavy atom. The largest absolute Gasteiger partial charge is 0.507 e. The van der Waals surface area contributed by atoms with Gasteiger partial charge in [-0.25, -0.2) is 0 Å². The Morgan fingerprint density at radius 3 is 2.61 bits per heavy atom. The number of aromatic hydroxyl groups is 1. The molecule has 2 aromatic carbocycles. The summed E-state index contributed by atoms with van der Waals surface area (Å²) >= 11 is 3.36. The summed E-state index contributed by atoms with van der Waals surface area (Å²) in [4.78, 5) is 10.7. The van der Waals surface area contributed by atoms with E-state index in [-0.39, 0.29) is 11.3 Å². The fourth-order valence-corrected chi connectivity index (χ4v) is 1.71. The number of hydrogen-bond acceptors (Lipinski definition) is 4. The van der Waals surface area contributed by atoms with Crippen molar-refractivity contribution in [1.82, 2.24) is 0 Å². The van der Waals surface area contributed by atoms with Crippen LogP contribution in [0.5, 0.6) is 5.75 Å². The number of carbonyl (C=O) groups is 1. The first-order valence-electron chi connectivity index (χ1n) is 5.15. The van der Waals surface area contributed by atoms with Crippen LogP contribution in [-0.2, 0) is 0 Å². The van der Waals surface area contributed by atoms with E-state index in [1.54, 1.807) is 6.07 Å². The van der Waals surface area contributed by atoms with Crippen LogP contribution in [-0.4, -0.2) is 11.4 Å². The third kappa shape index (κ3) is 2.81. The fraction of sp³-hybridized carbons (Fsp3) is 0. The molecule has 90 valence electrons. The minimum absolute atomic E-state index is 0.0650. The van der Waals surface area contributed by atoms with Gasteiger partial charge in [0, 0.05) is 4.47 Å². The maximum atomic E-state index is 10.7. The van der Waals surface area contributed by atoms with Crippen LogP contribution in [0.3, 0.4) is 0 Å². The number of azo groups is 1. The zero-order valence-electron chi connectivity index (χ0n) is 9.25. The molecule has 0 aliphatic rings. The molecular weight excluding hydrogens is 296 g/mol. The van der Waals surface area contributed by atoms with Crippen LogP contribution in [0.4, 0.5) is 11.4 Å². The van der Waals surface area contributed by atoms with Crippen LogP contribution in [0.25, 0.3) is 0 Å². The second kappa shape index (κ2) is 5.55. The average Bonchev–Trinajstić information content (AvgIpc) is 2.39. The van der Waals surface area contributed by atoms with Crippen molar-refractivity contribution in [3.63, 3.8) is 0 Å². The monoisotopic (exact) mass is 304 g/mol. The first-order chi connectivity index (χ1) is 8.70. The summed E-state index contributed by atoms with van der Waals surface area (Å²) in [6.45, 7) is 0. The lowest BCUT2D eigenvalue weighted by Gasteiger charge is -1.98. The lowest BCUT2D eigenvalue weighted by atomic mass is 10.2. The van der Waals surface area contributed by atoms with Gasteiger partial charge >= 0.3 is 0 Å². The Kier molecular flexibility index (Phi) is 3.84. The quantitative estimate of drug-likeness (QED) is 0.675. The molecule has 1 N–H and O–H groups in total. The van der Waals surface area contributed by atoms with E-state index in [9.17, 15) is 9.90 Å². The third-order valence-corrected chi connectivity index (χ3v) is 2.93. The second-order valence-corrected chi connectivity index (χ2v) is 4.37. The van der Waals surface area contributed by atoms with Gasteiger partial charge in [-0.05, 0) is 46.3 Å². The number of phenolic OH excluding ortho intramolecular Hbond substituents is 1. The molecule has 2 rings (SSSR count). The maximum Gasteiger partial charge on any atom is 0.153 e. The summed E-state index contributed by atoms with van der Waals surface area (Å²) in [6, 6.07) is 11.9. The first kappa shape index (κ1) is 12.4. The van der Waals surface area contributed by atoms with Crippen LogP contribution in [0, 0.1) is 0 Å². The summed E-state index contributed by atoms with van der Waals surface area (Å²) in [6.07, 6.45) is 0.576. The molecule has 0 fully saturated rings. The van der Waals surface area contributed by atoms with Crippen molar-refractivity contribution in [3.05, 3.63) is 52.5 Å². The Balaban J connectivity index is 2.29. The Labute approximate surface area is 112 Å². The lowest BCUT2D eigenvalue weighted by molar-refractivity contribution is 0.112. The fourth-order valence-electron chi connectivity index (χ4n) is 1.34. The summed E-state index contributed by atoms with van der Waals surface area (Å²) in [5.41, 5.74) is 1.39. The highest BCUT2D eigenvalue weighted by molar-refractivity contribution is 9.10. The molecule has 0 atom stereocenters. The summed E-state index contributed by atoms with van der Waals surface area (Å²) < 4.78 is 0.836. The minimum atomic E-state index is -0.0650. The van der Waals surface area contributed by atoms with Gasteiger partial charge in [0.25, 0.3) is 0 Å². The zero-order chi connectivity index (χ0) is 13.0. The van der Waals surface area contributed by atoms with Gasteiger partial charge in [0.15, 0.2) is 6.29 Å². The van der Waals surface area contributed by atoms with E-state index in [4.69, 9.17) is 0 Å². The molecule has 0 heterocycles. The third-order valence-electron chi connectivity index (χ3n) is 2.26. The molecule has 2 aromatic rings. The average molecular weight is 305 g/mol. The van der Waals surface area contributed by atoms with Crippen LogP contribution in [0.15, 0.2) is 57.2 Å². The normalized spacial score (nSPS) is 10.7. The molecule has 0 saturated carbocycles. The number of rotatable bonds is 3. The van der Waals surface area contributed by atoms with Crippen LogP contribution in [0.2, 0.25) is 0 Å². The highest BCUT2D eigenvalue weighted by atomic mass is 79.9. The lowest BCUT2D eigenvalue weighted by Crippen LogP contribution is -1.79. The van der Waals surface area contributed by atoms with Crippen LogP contribution >= 0.6 is 15.9 Å². The number of benzene rings is 2. The molecule has 0 unspecified atom stereocenters. The van der Waals surface area contributed by atoms with E-state index in [1.165, 1.54) is 12.1 Å². The summed E-state index contributed by atoms with van der Waals surface area (Å²) in [5.74, 6) is -0.0650. The number of hydrogen-bond donors (Lipinski definition) is 1. The van der Waals surface area contributed by atoms with E-state index < -0.39 is 0 Å². The predicted octanol–water partition coefficient (Wildman–Crippen LogP) is 4.38. The zero-order valence-corrected chi connectivity index (χ0v) is 10.8. The molecule has 0 amide bonds. The molecule has 0 aliphatic carbocycles. The van der Waals surface area contributed by atoms with Gasteiger partial charge in [-0.15, -0.1) is 5.11 Å². The van der Waals surface area contributed by atoms with E-state index in [0.717, 1.165) is 4.47 Å². The Hall–Kier alpha value is -2.01. The van der Waals surface area contributed by atoms with Crippen LogP contribution in [0.1, 0.15) is 10.4 Å². The van der Waals surface area contributed by atoms with E-state index >= 15 is 0 Å². The van der Waals surface area contributed by atoms with Crippen molar-refractivity contribution in [2.24, 2.45) is 10.2 Å². The number of phenols is 1. The molecular formula is C13H9BrN2O2. The topological polar surface area (TPSA) is 62.0 Å². The van der Waals surface area contributed by atoms with Gasteiger partial charge in [0.2, 0.25) is 0 Å². The Morgan fingerprint density at radius 2 is 1.89 bits per heavy atom. The van der Waals surface area contributed by atoms with E-state index in [1.807, 2.05) is 24.3 Å². The maximum absolute atomic E-state index is 10.7. The smallest absolute Gasteiger partial charge is 0.153 e. The second-order valence-electron chi connectivity index (χ2n) is 3.51. The molecule has 18 heavy (non-hydrogen) atoms. The van der Waals surface area contributed by atoms with Crippen molar-refractivity contribution < 1.29 is 9.90 Å². The number of nitrogens with zero attached hydrogens (tertiary/aromatic N) is 2. The molecule has 0 spiro atoms. The molecule has 5 heteroatoms. The highest BCUT2D eigenvalue weighted by Gasteiger charge is 2.01. The molecule has 0 radical (unpaired) electrons. The summed E-state index contributed by atoms with van der Waals surface area (Å²) in [7, 11) is 0. The van der Waals surface area contributed by atoms with Gasteiger partial charge in [-0.1, -0.05) is 12.1 Å². The van der Waals surface area contributed by atoms with Gasteiger partial charge < -0.3 is 5.11 Å². The predicted molar refractivity (Wildman–Crippen MR) is 71.8 cm³/mol. The van der Waals surface area contributed by atoms with Crippen molar-refractivity contribution in [1.29, 1.82) is 0 Å². The highest BCUT2D eigenvalue weighted by Crippen LogP contribution is 2.28. The van der Waals surface area contributed by atoms with E-state index in [2.05, 4.69) is 26.2 Å². The van der Waals surface area contributed by atoms with Crippen molar-refractivity contribution >= 4 is 33.6 Å². The molecule has 0 bridgehead atoms. The van der Waals surface area contributed by atoms with Gasteiger partial charge in [-0.2, -0.15) is 5.11 Å². The standard InChI is InChI=1S/C13H9BrN2O2/c14-11-3-1-2-4-12(11)16-15-10-5-6-13(18)9(7-10)8-17/h1-8,18H. The van der Waals surface area contributed by atoms with Crippen LogP contribution < -0.4 is 0 Å².